The number of hydrogen-bond acceptors (Lipinski definition) is 1. The molecule has 0 saturated heterocycles. The highest BCUT2D eigenvalue weighted by molar-refractivity contribution is 5.74. The third-order valence-electron chi connectivity index (χ3n) is 3.78. The van der Waals surface area contributed by atoms with Gasteiger partial charge in [0, 0.05) is 6.42 Å². The third kappa shape index (κ3) is 2.23. The van der Waals surface area contributed by atoms with Crippen LogP contribution in [0.15, 0.2) is 0 Å². The monoisotopic (exact) mass is 183 g/mol. The molecule has 2 heteroatoms. The van der Waals surface area contributed by atoms with Crippen molar-refractivity contribution < 1.29 is 4.79 Å². The molecule has 0 heterocycles. The van der Waals surface area contributed by atoms with Crippen molar-refractivity contribution in [2.45, 2.75) is 52.4 Å². The number of amides is 1. The molecular formula is C11H21NO. The highest BCUT2D eigenvalue weighted by Gasteiger charge is 2.39. The van der Waals surface area contributed by atoms with Crippen molar-refractivity contribution in [3.63, 3.8) is 0 Å². The molecule has 2 nitrogen and oxygen atoms in total. The van der Waals surface area contributed by atoms with Crippen LogP contribution in [0.2, 0.25) is 0 Å². The lowest BCUT2D eigenvalue weighted by molar-refractivity contribution is -0.121. The van der Waals surface area contributed by atoms with Crippen molar-refractivity contribution >= 4 is 5.91 Å². The average molecular weight is 183 g/mol. The van der Waals surface area contributed by atoms with Crippen molar-refractivity contribution in [1.82, 2.24) is 0 Å². The summed E-state index contributed by atoms with van der Waals surface area (Å²) in [5.74, 6) is 0.518. The number of nitrogens with two attached hydrogens (primary N) is 1. The van der Waals surface area contributed by atoms with Crippen molar-refractivity contribution in [2.24, 2.45) is 17.1 Å². The number of carbonyl (C=O) groups excluding carboxylic acids is 1. The molecule has 0 radical (unpaired) electrons. The van der Waals surface area contributed by atoms with Gasteiger partial charge in [-0.25, -0.2) is 0 Å². The lowest BCUT2D eigenvalue weighted by Crippen LogP contribution is -2.31. The summed E-state index contributed by atoms with van der Waals surface area (Å²) in [5.41, 5.74) is 5.56. The van der Waals surface area contributed by atoms with Crippen LogP contribution in [0.4, 0.5) is 0 Å². The summed E-state index contributed by atoms with van der Waals surface area (Å²) in [5, 5.41) is 0. The smallest absolute Gasteiger partial charge is 0.217 e. The first-order valence-electron chi connectivity index (χ1n) is 5.39. The Hall–Kier alpha value is -0.530. The van der Waals surface area contributed by atoms with Crippen LogP contribution in [0.3, 0.4) is 0 Å². The molecule has 0 aromatic rings. The molecule has 0 aromatic carbocycles. The van der Waals surface area contributed by atoms with Gasteiger partial charge < -0.3 is 5.73 Å². The molecule has 0 aliphatic heterocycles. The van der Waals surface area contributed by atoms with Gasteiger partial charge in [-0.05, 0) is 24.2 Å². The second kappa shape index (κ2) is 4.12. The third-order valence-corrected chi connectivity index (χ3v) is 3.78. The van der Waals surface area contributed by atoms with Gasteiger partial charge in [-0.15, -0.1) is 0 Å². The Bertz CT molecular complexity index is 183. The molecule has 1 aliphatic carbocycles. The Kier molecular flexibility index (Phi) is 3.34. The molecule has 1 atom stereocenters. The van der Waals surface area contributed by atoms with E-state index in [9.17, 15) is 4.79 Å². The fourth-order valence-corrected chi connectivity index (χ4v) is 2.70. The van der Waals surface area contributed by atoms with Crippen LogP contribution in [0.25, 0.3) is 0 Å². The van der Waals surface area contributed by atoms with E-state index >= 15 is 0 Å². The summed E-state index contributed by atoms with van der Waals surface area (Å²) in [6.07, 6.45) is 6.71. The first kappa shape index (κ1) is 10.6. The van der Waals surface area contributed by atoms with E-state index in [1.807, 2.05) is 0 Å². The molecule has 0 spiro atoms. The molecule has 1 rings (SSSR count). The standard InChI is InChI=1S/C11H21NO/c1-3-9(2)11(8-10(12)13)6-4-5-7-11/h9H,3-8H2,1-2H3,(H2,12,13). The minimum Gasteiger partial charge on any atom is -0.370 e. The molecule has 13 heavy (non-hydrogen) atoms. The van der Waals surface area contributed by atoms with Gasteiger partial charge in [0.05, 0.1) is 0 Å². The van der Waals surface area contributed by atoms with E-state index in [-0.39, 0.29) is 11.3 Å². The Morgan fingerprint density at radius 3 is 2.38 bits per heavy atom. The minimum atomic E-state index is -0.123. The number of hydrogen-bond donors (Lipinski definition) is 1. The van der Waals surface area contributed by atoms with Crippen LogP contribution in [0, 0.1) is 11.3 Å². The molecule has 1 saturated carbocycles. The quantitative estimate of drug-likeness (QED) is 0.714. The molecule has 1 aliphatic rings. The molecule has 0 aromatic heterocycles. The second-order valence-electron chi connectivity index (χ2n) is 4.52. The first-order chi connectivity index (χ1) is 6.10. The molecule has 1 unspecified atom stereocenters. The zero-order chi connectivity index (χ0) is 9.90. The van der Waals surface area contributed by atoms with E-state index < -0.39 is 0 Å². The van der Waals surface area contributed by atoms with Gasteiger partial charge in [-0.1, -0.05) is 33.1 Å². The first-order valence-corrected chi connectivity index (χ1v) is 5.39. The SMILES string of the molecule is CCC(C)C1(CC(N)=O)CCCC1. The van der Waals surface area contributed by atoms with Crippen molar-refractivity contribution in [2.75, 3.05) is 0 Å². The van der Waals surface area contributed by atoms with Crippen LogP contribution >= 0.6 is 0 Å². The Morgan fingerprint density at radius 1 is 1.46 bits per heavy atom. The Balaban J connectivity index is 2.68. The van der Waals surface area contributed by atoms with Crippen LogP contribution in [0.1, 0.15) is 52.4 Å². The summed E-state index contributed by atoms with van der Waals surface area (Å²) in [7, 11) is 0. The molecular weight excluding hydrogens is 162 g/mol. The molecule has 1 amide bonds. The van der Waals surface area contributed by atoms with Gasteiger partial charge in [-0.3, -0.25) is 4.79 Å². The molecule has 1 fully saturated rings. The van der Waals surface area contributed by atoms with Gasteiger partial charge in [0.15, 0.2) is 0 Å². The lowest BCUT2D eigenvalue weighted by Gasteiger charge is -2.34. The summed E-state index contributed by atoms with van der Waals surface area (Å²) in [6, 6.07) is 0. The van der Waals surface area contributed by atoms with E-state index in [0.717, 1.165) is 6.42 Å². The van der Waals surface area contributed by atoms with Gasteiger partial charge in [0.25, 0.3) is 0 Å². The average Bonchev–Trinajstić information content (AvgIpc) is 2.51. The summed E-state index contributed by atoms with van der Waals surface area (Å²) >= 11 is 0. The van der Waals surface area contributed by atoms with Gasteiger partial charge in [0.1, 0.15) is 0 Å². The van der Waals surface area contributed by atoms with E-state index in [2.05, 4.69) is 13.8 Å². The summed E-state index contributed by atoms with van der Waals surface area (Å²) < 4.78 is 0. The predicted octanol–water partition coefficient (Wildman–Crippen LogP) is 2.47. The number of primary amides is 1. The zero-order valence-electron chi connectivity index (χ0n) is 8.81. The van der Waals surface area contributed by atoms with E-state index in [1.165, 1.54) is 25.7 Å². The number of carbonyl (C=O) groups is 1. The number of rotatable bonds is 4. The van der Waals surface area contributed by atoms with Crippen molar-refractivity contribution in [3.8, 4) is 0 Å². The van der Waals surface area contributed by atoms with Gasteiger partial charge in [0.2, 0.25) is 5.91 Å². The zero-order valence-corrected chi connectivity index (χ0v) is 8.81. The van der Waals surface area contributed by atoms with Gasteiger partial charge in [-0.2, -0.15) is 0 Å². The maximum absolute atomic E-state index is 11.0. The second-order valence-corrected chi connectivity index (χ2v) is 4.52. The highest BCUT2D eigenvalue weighted by atomic mass is 16.1. The highest BCUT2D eigenvalue weighted by Crippen LogP contribution is 2.47. The minimum absolute atomic E-state index is 0.123. The Labute approximate surface area is 80.9 Å². The topological polar surface area (TPSA) is 43.1 Å². The Morgan fingerprint density at radius 2 is 2.00 bits per heavy atom. The van der Waals surface area contributed by atoms with Crippen molar-refractivity contribution in [1.29, 1.82) is 0 Å². The van der Waals surface area contributed by atoms with E-state index in [4.69, 9.17) is 5.73 Å². The predicted molar refractivity (Wildman–Crippen MR) is 54.2 cm³/mol. The molecule has 0 bridgehead atoms. The normalized spacial score (nSPS) is 22.9. The van der Waals surface area contributed by atoms with Crippen LogP contribution < -0.4 is 5.73 Å². The molecule has 76 valence electrons. The van der Waals surface area contributed by atoms with Crippen LogP contribution in [-0.2, 0) is 4.79 Å². The van der Waals surface area contributed by atoms with E-state index in [1.54, 1.807) is 0 Å². The van der Waals surface area contributed by atoms with Crippen molar-refractivity contribution in [3.05, 3.63) is 0 Å². The van der Waals surface area contributed by atoms with E-state index in [0.29, 0.717) is 12.3 Å². The van der Waals surface area contributed by atoms with Crippen LogP contribution in [-0.4, -0.2) is 5.91 Å². The summed E-state index contributed by atoms with van der Waals surface area (Å²) in [4.78, 5) is 11.0. The largest absolute Gasteiger partial charge is 0.370 e. The van der Waals surface area contributed by atoms with Crippen LogP contribution in [0.5, 0.6) is 0 Å². The maximum Gasteiger partial charge on any atom is 0.217 e. The fraction of sp³-hybridized carbons (Fsp3) is 0.909. The summed E-state index contributed by atoms with van der Waals surface area (Å²) in [6.45, 7) is 4.46. The molecule has 2 N–H and O–H groups in total. The van der Waals surface area contributed by atoms with Gasteiger partial charge >= 0.3 is 0 Å². The maximum atomic E-state index is 11.0. The fourth-order valence-electron chi connectivity index (χ4n) is 2.70. The lowest BCUT2D eigenvalue weighted by atomic mass is 9.71.